The molecule has 82 valence electrons. The number of likely N-dealkylation sites (tertiary alicyclic amines) is 1. The molecule has 1 rings (SSSR count). The molecule has 1 fully saturated rings. The Morgan fingerprint density at radius 2 is 2.14 bits per heavy atom. The van der Waals surface area contributed by atoms with Gasteiger partial charge in [0.2, 0.25) is 5.91 Å². The highest BCUT2D eigenvalue weighted by Crippen LogP contribution is 2.22. The first-order valence-corrected chi connectivity index (χ1v) is 5.49. The first kappa shape index (κ1) is 11.5. The Labute approximate surface area is 86.1 Å². The zero-order valence-corrected chi connectivity index (χ0v) is 9.36. The molecule has 0 saturated carbocycles. The van der Waals surface area contributed by atoms with Crippen LogP contribution in [0.25, 0.3) is 0 Å². The van der Waals surface area contributed by atoms with Crippen molar-refractivity contribution in [2.45, 2.75) is 39.7 Å². The van der Waals surface area contributed by atoms with Crippen LogP contribution in [0.2, 0.25) is 0 Å². The van der Waals surface area contributed by atoms with Crippen LogP contribution in [0.3, 0.4) is 0 Å². The SMILES string of the molecule is CC(C)C(C)C(=O)N1CCC[C@@H]1CO. The molecule has 1 saturated heterocycles. The number of carbonyl (C=O) groups is 1. The molecule has 1 unspecified atom stereocenters. The highest BCUT2D eigenvalue weighted by Gasteiger charge is 2.31. The van der Waals surface area contributed by atoms with Crippen molar-refractivity contribution in [3.63, 3.8) is 0 Å². The first-order valence-electron chi connectivity index (χ1n) is 5.49. The van der Waals surface area contributed by atoms with Gasteiger partial charge in [0, 0.05) is 12.5 Å². The predicted octanol–water partition coefficient (Wildman–Crippen LogP) is 1.26. The van der Waals surface area contributed by atoms with E-state index in [0.717, 1.165) is 19.4 Å². The third-order valence-corrected chi connectivity index (χ3v) is 3.26. The molecule has 3 heteroatoms. The summed E-state index contributed by atoms with van der Waals surface area (Å²) in [7, 11) is 0. The second kappa shape index (κ2) is 4.78. The smallest absolute Gasteiger partial charge is 0.225 e. The van der Waals surface area contributed by atoms with E-state index in [0.29, 0.717) is 5.92 Å². The van der Waals surface area contributed by atoms with Crippen molar-refractivity contribution in [1.82, 2.24) is 4.90 Å². The Kier molecular flexibility index (Phi) is 3.93. The minimum absolute atomic E-state index is 0.0714. The Balaban J connectivity index is 2.59. The minimum atomic E-state index is 0.0714. The van der Waals surface area contributed by atoms with Crippen LogP contribution in [-0.2, 0) is 4.79 Å². The van der Waals surface area contributed by atoms with Crippen LogP contribution < -0.4 is 0 Å². The third-order valence-electron chi connectivity index (χ3n) is 3.26. The van der Waals surface area contributed by atoms with E-state index in [9.17, 15) is 4.79 Å². The number of hydrogen-bond acceptors (Lipinski definition) is 2. The van der Waals surface area contributed by atoms with Crippen molar-refractivity contribution in [2.75, 3.05) is 13.2 Å². The Bertz CT molecular complexity index is 203. The van der Waals surface area contributed by atoms with Crippen LogP contribution in [0.4, 0.5) is 0 Å². The van der Waals surface area contributed by atoms with Gasteiger partial charge >= 0.3 is 0 Å². The molecule has 0 radical (unpaired) electrons. The fourth-order valence-electron chi connectivity index (χ4n) is 1.86. The zero-order valence-electron chi connectivity index (χ0n) is 9.36. The highest BCUT2D eigenvalue weighted by atomic mass is 16.3. The molecule has 0 aliphatic carbocycles. The van der Waals surface area contributed by atoms with Crippen molar-refractivity contribution in [2.24, 2.45) is 11.8 Å². The molecule has 1 aliphatic heterocycles. The molecule has 0 aromatic carbocycles. The molecule has 0 spiro atoms. The quantitative estimate of drug-likeness (QED) is 0.743. The van der Waals surface area contributed by atoms with E-state index in [2.05, 4.69) is 13.8 Å². The van der Waals surface area contributed by atoms with Crippen LogP contribution in [0.15, 0.2) is 0 Å². The van der Waals surface area contributed by atoms with Crippen LogP contribution in [-0.4, -0.2) is 35.1 Å². The van der Waals surface area contributed by atoms with E-state index in [1.165, 1.54) is 0 Å². The monoisotopic (exact) mass is 199 g/mol. The van der Waals surface area contributed by atoms with Gasteiger partial charge in [-0.05, 0) is 18.8 Å². The molecule has 0 bridgehead atoms. The molecule has 3 nitrogen and oxygen atoms in total. The number of rotatable bonds is 3. The third kappa shape index (κ3) is 2.27. The number of amides is 1. The van der Waals surface area contributed by atoms with Gasteiger partial charge in [0.25, 0.3) is 0 Å². The summed E-state index contributed by atoms with van der Waals surface area (Å²) in [6, 6.07) is 0.0729. The van der Waals surface area contributed by atoms with Gasteiger partial charge in [-0.15, -0.1) is 0 Å². The predicted molar refractivity (Wildman–Crippen MR) is 55.8 cm³/mol. The average molecular weight is 199 g/mol. The van der Waals surface area contributed by atoms with Crippen molar-refractivity contribution in [1.29, 1.82) is 0 Å². The van der Waals surface area contributed by atoms with Crippen LogP contribution in [0, 0.1) is 11.8 Å². The van der Waals surface area contributed by atoms with Gasteiger partial charge in [-0.1, -0.05) is 20.8 Å². The van der Waals surface area contributed by atoms with Gasteiger partial charge in [0.05, 0.1) is 12.6 Å². The Morgan fingerprint density at radius 1 is 1.50 bits per heavy atom. The van der Waals surface area contributed by atoms with Gasteiger partial charge in [0.1, 0.15) is 0 Å². The Hall–Kier alpha value is -0.570. The molecule has 1 heterocycles. The highest BCUT2D eigenvalue weighted by molar-refractivity contribution is 5.79. The maximum Gasteiger partial charge on any atom is 0.225 e. The molecule has 1 amide bonds. The number of hydrogen-bond donors (Lipinski definition) is 1. The summed E-state index contributed by atoms with van der Waals surface area (Å²) in [5, 5.41) is 9.11. The topological polar surface area (TPSA) is 40.5 Å². The fraction of sp³-hybridized carbons (Fsp3) is 0.909. The number of aliphatic hydroxyl groups excluding tert-OH is 1. The summed E-state index contributed by atoms with van der Waals surface area (Å²) in [4.78, 5) is 13.8. The van der Waals surface area contributed by atoms with Crippen LogP contribution >= 0.6 is 0 Å². The number of carbonyl (C=O) groups excluding carboxylic acids is 1. The fourth-order valence-corrected chi connectivity index (χ4v) is 1.86. The lowest BCUT2D eigenvalue weighted by molar-refractivity contribution is -0.137. The number of aliphatic hydroxyl groups is 1. The zero-order chi connectivity index (χ0) is 10.7. The van der Waals surface area contributed by atoms with Crippen molar-refractivity contribution in [3.05, 3.63) is 0 Å². The van der Waals surface area contributed by atoms with E-state index < -0.39 is 0 Å². The average Bonchev–Trinajstić information content (AvgIpc) is 2.62. The Morgan fingerprint density at radius 3 is 2.64 bits per heavy atom. The van der Waals surface area contributed by atoms with Gasteiger partial charge in [-0.2, -0.15) is 0 Å². The standard InChI is InChI=1S/C11H21NO2/c1-8(2)9(3)11(14)12-6-4-5-10(12)7-13/h8-10,13H,4-7H2,1-3H3/t9?,10-/m1/s1. The van der Waals surface area contributed by atoms with Gasteiger partial charge in [-0.25, -0.2) is 0 Å². The van der Waals surface area contributed by atoms with Gasteiger partial charge in [-0.3, -0.25) is 4.79 Å². The summed E-state index contributed by atoms with van der Waals surface area (Å²) in [5.74, 6) is 0.654. The van der Waals surface area contributed by atoms with Crippen LogP contribution in [0.5, 0.6) is 0 Å². The summed E-state index contributed by atoms with van der Waals surface area (Å²) in [6.07, 6.45) is 1.98. The molecule has 1 N–H and O–H groups in total. The van der Waals surface area contributed by atoms with Gasteiger partial charge in [0.15, 0.2) is 0 Å². The summed E-state index contributed by atoms with van der Waals surface area (Å²) in [6.45, 7) is 7.02. The lowest BCUT2D eigenvalue weighted by atomic mass is 9.96. The second-order valence-corrected chi connectivity index (χ2v) is 4.54. The summed E-state index contributed by atoms with van der Waals surface area (Å²) in [5.41, 5.74) is 0. The van der Waals surface area contributed by atoms with Crippen molar-refractivity contribution < 1.29 is 9.90 Å². The van der Waals surface area contributed by atoms with Crippen LogP contribution in [0.1, 0.15) is 33.6 Å². The second-order valence-electron chi connectivity index (χ2n) is 4.54. The van der Waals surface area contributed by atoms with E-state index in [1.807, 2.05) is 11.8 Å². The van der Waals surface area contributed by atoms with E-state index in [4.69, 9.17) is 5.11 Å². The van der Waals surface area contributed by atoms with Crippen molar-refractivity contribution in [3.8, 4) is 0 Å². The molecule has 0 aromatic heterocycles. The molecular weight excluding hydrogens is 178 g/mol. The first-order chi connectivity index (χ1) is 6.57. The molecular formula is C11H21NO2. The summed E-state index contributed by atoms with van der Waals surface area (Å²) >= 11 is 0. The molecule has 2 atom stereocenters. The van der Waals surface area contributed by atoms with Gasteiger partial charge < -0.3 is 10.0 Å². The number of nitrogens with zero attached hydrogens (tertiary/aromatic N) is 1. The molecule has 0 aromatic rings. The normalized spacial score (nSPS) is 24.4. The molecule has 14 heavy (non-hydrogen) atoms. The van der Waals surface area contributed by atoms with E-state index in [1.54, 1.807) is 0 Å². The summed E-state index contributed by atoms with van der Waals surface area (Å²) < 4.78 is 0. The van der Waals surface area contributed by atoms with E-state index >= 15 is 0 Å². The lowest BCUT2D eigenvalue weighted by Gasteiger charge is -2.27. The van der Waals surface area contributed by atoms with E-state index in [-0.39, 0.29) is 24.5 Å². The van der Waals surface area contributed by atoms with Crippen molar-refractivity contribution >= 4 is 5.91 Å². The lowest BCUT2D eigenvalue weighted by Crippen LogP contribution is -2.41. The largest absolute Gasteiger partial charge is 0.394 e. The maximum absolute atomic E-state index is 12.0. The molecule has 1 aliphatic rings. The minimum Gasteiger partial charge on any atom is -0.394 e. The maximum atomic E-state index is 12.0.